The Labute approximate surface area is 140 Å². The van der Waals surface area contributed by atoms with Crippen molar-refractivity contribution < 1.29 is 22.7 Å². The summed E-state index contributed by atoms with van der Waals surface area (Å²) < 4.78 is 47.0. The van der Waals surface area contributed by atoms with Crippen LogP contribution in [-0.4, -0.2) is 28.5 Å². The van der Waals surface area contributed by atoms with Crippen molar-refractivity contribution in [2.45, 2.75) is 19.0 Å². The molecule has 24 heavy (non-hydrogen) atoms. The van der Waals surface area contributed by atoms with Crippen LogP contribution in [0, 0.1) is 5.92 Å². The lowest BCUT2D eigenvalue weighted by atomic mass is 10.00. The van der Waals surface area contributed by atoms with Crippen LogP contribution in [0.3, 0.4) is 0 Å². The second kappa shape index (κ2) is 6.86. The summed E-state index contributed by atoms with van der Waals surface area (Å²) in [7, 11) is 0. The van der Waals surface area contributed by atoms with Gasteiger partial charge in [-0.05, 0) is 25.0 Å². The van der Waals surface area contributed by atoms with Crippen LogP contribution < -0.4 is 5.32 Å². The van der Waals surface area contributed by atoms with Crippen LogP contribution in [0.4, 0.5) is 18.3 Å². The maximum atomic E-state index is 12.6. The fourth-order valence-electron chi connectivity index (χ4n) is 2.37. The van der Waals surface area contributed by atoms with Crippen LogP contribution in [0.15, 0.2) is 24.3 Å². The molecule has 1 saturated heterocycles. The fraction of sp³-hybridized carbons (Fsp3) is 0.400. The quantitative estimate of drug-likeness (QED) is 0.912. The minimum atomic E-state index is -4.38. The van der Waals surface area contributed by atoms with Crippen LogP contribution in [-0.2, 0) is 15.7 Å². The lowest BCUT2D eigenvalue weighted by Gasteiger charge is -2.20. The maximum absolute atomic E-state index is 12.6. The number of anilines is 1. The molecule has 0 saturated carbocycles. The van der Waals surface area contributed by atoms with Gasteiger partial charge in [-0.25, -0.2) is 0 Å². The van der Waals surface area contributed by atoms with Crippen LogP contribution >= 0.6 is 11.5 Å². The van der Waals surface area contributed by atoms with Crippen LogP contribution in [0.5, 0.6) is 0 Å². The summed E-state index contributed by atoms with van der Waals surface area (Å²) in [5.41, 5.74) is -0.264. The third kappa shape index (κ3) is 3.90. The molecule has 1 N–H and O–H groups in total. The molecule has 0 spiro atoms. The van der Waals surface area contributed by atoms with Crippen molar-refractivity contribution in [3.8, 4) is 11.4 Å². The summed E-state index contributed by atoms with van der Waals surface area (Å²) in [6, 6.07) is 4.59. The number of halogens is 3. The molecule has 2 aromatic rings. The Bertz CT molecular complexity index is 709. The van der Waals surface area contributed by atoms with E-state index in [-0.39, 0.29) is 17.6 Å². The summed E-state index contributed by atoms with van der Waals surface area (Å²) in [5.74, 6) is 0.0431. The molecule has 1 aromatic heterocycles. The molecule has 128 valence electrons. The van der Waals surface area contributed by atoms with Crippen molar-refractivity contribution in [2.75, 3.05) is 18.5 Å². The first-order valence-corrected chi connectivity index (χ1v) is 8.11. The number of carbonyl (C=O) groups excluding carboxylic acids is 1. The first-order valence-electron chi connectivity index (χ1n) is 7.33. The summed E-state index contributed by atoms with van der Waals surface area (Å²) in [6.45, 7) is 1.12. The molecule has 3 rings (SSSR count). The zero-order chi connectivity index (χ0) is 17.2. The van der Waals surface area contributed by atoms with Crippen molar-refractivity contribution in [1.82, 2.24) is 9.36 Å². The highest BCUT2D eigenvalue weighted by molar-refractivity contribution is 7.10. The highest BCUT2D eigenvalue weighted by atomic mass is 32.1. The Hall–Kier alpha value is -2.00. The molecule has 1 fully saturated rings. The average Bonchev–Trinajstić information content (AvgIpc) is 3.03. The van der Waals surface area contributed by atoms with Gasteiger partial charge < -0.3 is 10.1 Å². The van der Waals surface area contributed by atoms with Gasteiger partial charge in [-0.1, -0.05) is 12.1 Å². The highest BCUT2D eigenvalue weighted by Crippen LogP contribution is 2.31. The molecule has 0 bridgehead atoms. The standard InChI is InChI=1S/C15H14F3N3O2S/c16-15(17,18)11-3-1-9(2-4-11)12-19-14(24-21-12)20-13(22)10-5-7-23-8-6-10/h1-4,10H,5-8H2,(H,19,20,21,22). The average molecular weight is 357 g/mol. The number of nitrogens with one attached hydrogen (secondary N) is 1. The topological polar surface area (TPSA) is 64.1 Å². The number of hydrogen-bond acceptors (Lipinski definition) is 5. The SMILES string of the molecule is O=C(Nc1nc(-c2ccc(C(F)(F)F)cc2)ns1)C1CCOCC1. The van der Waals surface area contributed by atoms with Crippen LogP contribution in [0.2, 0.25) is 0 Å². The number of nitrogens with zero attached hydrogens (tertiary/aromatic N) is 2. The minimum absolute atomic E-state index is 0.114. The van der Waals surface area contributed by atoms with Crippen molar-refractivity contribution in [3.63, 3.8) is 0 Å². The Balaban J connectivity index is 1.67. The largest absolute Gasteiger partial charge is 0.416 e. The molecule has 0 radical (unpaired) electrons. The van der Waals surface area contributed by atoms with Crippen molar-refractivity contribution >= 4 is 22.6 Å². The van der Waals surface area contributed by atoms with Gasteiger partial charge in [0.2, 0.25) is 11.0 Å². The zero-order valence-corrected chi connectivity index (χ0v) is 13.3. The number of benzene rings is 1. The Kier molecular flexibility index (Phi) is 4.81. The number of hydrogen-bond donors (Lipinski definition) is 1. The number of carbonyl (C=O) groups is 1. The molecule has 0 atom stereocenters. The second-order valence-corrected chi connectivity index (χ2v) is 6.13. The van der Waals surface area contributed by atoms with Crippen LogP contribution in [0.25, 0.3) is 11.4 Å². The zero-order valence-electron chi connectivity index (χ0n) is 12.5. The number of ether oxygens (including phenoxy) is 1. The molecule has 1 amide bonds. The van der Waals surface area contributed by atoms with E-state index in [2.05, 4.69) is 14.7 Å². The summed E-state index contributed by atoms with van der Waals surface area (Å²) >= 11 is 1.000. The number of rotatable bonds is 3. The van der Waals surface area contributed by atoms with E-state index in [1.165, 1.54) is 12.1 Å². The second-order valence-electron chi connectivity index (χ2n) is 5.37. The lowest BCUT2D eigenvalue weighted by molar-refractivity contribution is -0.137. The molecule has 0 aliphatic carbocycles. The van der Waals surface area contributed by atoms with E-state index in [1.807, 2.05) is 0 Å². The monoisotopic (exact) mass is 357 g/mol. The van der Waals surface area contributed by atoms with E-state index >= 15 is 0 Å². The van der Waals surface area contributed by atoms with Crippen LogP contribution in [0.1, 0.15) is 18.4 Å². The Morgan fingerprint density at radius 3 is 2.50 bits per heavy atom. The van der Waals surface area contributed by atoms with Gasteiger partial charge in [0.1, 0.15) is 0 Å². The predicted molar refractivity (Wildman–Crippen MR) is 82.5 cm³/mol. The molecule has 1 aliphatic heterocycles. The van der Waals surface area contributed by atoms with Crippen molar-refractivity contribution in [3.05, 3.63) is 29.8 Å². The third-order valence-corrected chi connectivity index (χ3v) is 4.35. The smallest absolute Gasteiger partial charge is 0.381 e. The normalized spacial score (nSPS) is 16.1. The van der Waals surface area contributed by atoms with E-state index in [0.717, 1.165) is 23.7 Å². The van der Waals surface area contributed by atoms with Gasteiger partial charge in [0.05, 0.1) is 5.56 Å². The fourth-order valence-corrected chi connectivity index (χ4v) is 2.96. The molecule has 9 heteroatoms. The molecule has 2 heterocycles. The number of aromatic nitrogens is 2. The molecule has 0 unspecified atom stereocenters. The first kappa shape index (κ1) is 16.8. The molecule has 1 aliphatic rings. The lowest BCUT2D eigenvalue weighted by Crippen LogP contribution is -2.28. The summed E-state index contributed by atoms with van der Waals surface area (Å²) in [5, 5.41) is 3.04. The van der Waals surface area contributed by atoms with Gasteiger partial charge in [0.25, 0.3) is 0 Å². The summed E-state index contributed by atoms with van der Waals surface area (Å²) in [6.07, 6.45) is -3.05. The number of amides is 1. The van der Waals surface area contributed by atoms with Crippen molar-refractivity contribution in [1.29, 1.82) is 0 Å². The van der Waals surface area contributed by atoms with E-state index in [0.29, 0.717) is 36.8 Å². The van der Waals surface area contributed by atoms with E-state index < -0.39 is 11.7 Å². The molecule has 1 aromatic carbocycles. The summed E-state index contributed by atoms with van der Waals surface area (Å²) in [4.78, 5) is 16.3. The van der Waals surface area contributed by atoms with Gasteiger partial charge >= 0.3 is 6.18 Å². The highest BCUT2D eigenvalue weighted by Gasteiger charge is 2.30. The number of alkyl halides is 3. The van der Waals surface area contributed by atoms with Gasteiger partial charge in [-0.3, -0.25) is 4.79 Å². The van der Waals surface area contributed by atoms with Gasteiger partial charge in [0, 0.05) is 36.2 Å². The van der Waals surface area contributed by atoms with E-state index in [9.17, 15) is 18.0 Å². The maximum Gasteiger partial charge on any atom is 0.416 e. The van der Waals surface area contributed by atoms with Gasteiger partial charge in [0.15, 0.2) is 5.82 Å². The Morgan fingerprint density at radius 1 is 1.21 bits per heavy atom. The third-order valence-electron chi connectivity index (χ3n) is 3.72. The molecular formula is C15H14F3N3O2S. The molecule has 5 nitrogen and oxygen atoms in total. The van der Waals surface area contributed by atoms with Crippen molar-refractivity contribution in [2.24, 2.45) is 5.92 Å². The van der Waals surface area contributed by atoms with E-state index in [1.54, 1.807) is 0 Å². The molecular weight excluding hydrogens is 343 g/mol. The first-order chi connectivity index (χ1) is 11.4. The minimum Gasteiger partial charge on any atom is -0.381 e. The van der Waals surface area contributed by atoms with Gasteiger partial charge in [-0.2, -0.15) is 22.5 Å². The predicted octanol–water partition coefficient (Wildman–Crippen LogP) is 3.59. The van der Waals surface area contributed by atoms with Gasteiger partial charge in [-0.15, -0.1) is 0 Å². The van der Waals surface area contributed by atoms with E-state index in [4.69, 9.17) is 4.74 Å². The Morgan fingerprint density at radius 2 is 1.88 bits per heavy atom.